The fourth-order valence-corrected chi connectivity index (χ4v) is 2.06. The topological polar surface area (TPSA) is 56.5 Å². The number of aryl methyl sites for hydroxylation is 1. The predicted molar refractivity (Wildman–Crippen MR) is 76.1 cm³/mol. The summed E-state index contributed by atoms with van der Waals surface area (Å²) >= 11 is 5.06. The smallest absolute Gasteiger partial charge is 0.106 e. The first kappa shape index (κ1) is 13.3. The highest BCUT2D eigenvalue weighted by molar-refractivity contribution is 7.80. The van der Waals surface area contributed by atoms with Gasteiger partial charge in [0.15, 0.2) is 0 Å². The van der Waals surface area contributed by atoms with Crippen LogP contribution in [0.25, 0.3) is 0 Å². The van der Waals surface area contributed by atoms with Crippen molar-refractivity contribution < 1.29 is 9.47 Å². The molecule has 1 atom stereocenters. The van der Waals surface area contributed by atoms with E-state index >= 15 is 0 Å². The molecule has 2 rings (SSSR count). The highest BCUT2D eigenvalue weighted by atomic mass is 32.1. The Morgan fingerprint density at radius 1 is 1.50 bits per heavy atom. The molecule has 0 spiro atoms. The molecule has 5 heteroatoms. The monoisotopic (exact) mass is 266 g/mol. The van der Waals surface area contributed by atoms with Gasteiger partial charge in [0.05, 0.1) is 25.9 Å². The van der Waals surface area contributed by atoms with Gasteiger partial charge in [-0.1, -0.05) is 23.8 Å². The third kappa shape index (κ3) is 3.41. The molecular weight excluding hydrogens is 248 g/mol. The van der Waals surface area contributed by atoms with Gasteiger partial charge >= 0.3 is 0 Å². The Labute approximate surface area is 112 Å². The molecule has 1 saturated heterocycles. The third-order valence-electron chi connectivity index (χ3n) is 2.85. The summed E-state index contributed by atoms with van der Waals surface area (Å²) in [6, 6.07) is 6.01. The summed E-state index contributed by atoms with van der Waals surface area (Å²) in [6.45, 7) is 4.67. The van der Waals surface area contributed by atoms with E-state index in [1.165, 1.54) is 0 Å². The van der Waals surface area contributed by atoms with Gasteiger partial charge in [-0.3, -0.25) is 0 Å². The highest BCUT2D eigenvalue weighted by Crippen LogP contribution is 2.17. The van der Waals surface area contributed by atoms with E-state index in [1.807, 2.05) is 25.1 Å². The summed E-state index contributed by atoms with van der Waals surface area (Å²) in [5.41, 5.74) is 8.69. The fraction of sp³-hybridized carbons (Fsp3) is 0.462. The lowest BCUT2D eigenvalue weighted by Crippen LogP contribution is -2.34. The first-order valence-electron chi connectivity index (χ1n) is 6.00. The molecule has 1 aliphatic heterocycles. The third-order valence-corrected chi connectivity index (χ3v) is 3.07. The van der Waals surface area contributed by atoms with Gasteiger partial charge < -0.3 is 20.5 Å². The SMILES string of the molecule is Cc1ccc(NCC2COCCO2)c(C(N)=S)c1. The Balaban J connectivity index is 2.01. The van der Waals surface area contributed by atoms with E-state index in [0.29, 0.717) is 31.4 Å². The van der Waals surface area contributed by atoms with Crippen LogP contribution < -0.4 is 11.1 Å². The first-order valence-corrected chi connectivity index (χ1v) is 6.41. The number of benzene rings is 1. The van der Waals surface area contributed by atoms with Gasteiger partial charge in [0.25, 0.3) is 0 Å². The van der Waals surface area contributed by atoms with Crippen LogP contribution in [0, 0.1) is 6.92 Å². The molecule has 1 aromatic carbocycles. The largest absolute Gasteiger partial charge is 0.389 e. The van der Waals surface area contributed by atoms with E-state index in [-0.39, 0.29) is 6.10 Å². The quantitative estimate of drug-likeness (QED) is 0.808. The van der Waals surface area contributed by atoms with Gasteiger partial charge in [-0.25, -0.2) is 0 Å². The number of nitrogens with two attached hydrogens (primary N) is 1. The van der Waals surface area contributed by atoms with Crippen molar-refractivity contribution in [2.24, 2.45) is 5.73 Å². The minimum atomic E-state index is 0.0826. The second-order valence-electron chi connectivity index (χ2n) is 4.36. The zero-order valence-corrected chi connectivity index (χ0v) is 11.3. The first-order chi connectivity index (χ1) is 8.66. The Hall–Kier alpha value is -1.17. The van der Waals surface area contributed by atoms with Crippen LogP contribution in [0.3, 0.4) is 0 Å². The number of thiocarbonyl (C=S) groups is 1. The summed E-state index contributed by atoms with van der Waals surface area (Å²) in [5, 5.41) is 3.32. The number of anilines is 1. The average molecular weight is 266 g/mol. The predicted octanol–water partition coefficient (Wildman–Crippen LogP) is 1.46. The van der Waals surface area contributed by atoms with E-state index < -0.39 is 0 Å². The average Bonchev–Trinajstić information content (AvgIpc) is 2.38. The van der Waals surface area contributed by atoms with E-state index in [9.17, 15) is 0 Å². The maximum Gasteiger partial charge on any atom is 0.106 e. The lowest BCUT2D eigenvalue weighted by atomic mass is 10.1. The highest BCUT2D eigenvalue weighted by Gasteiger charge is 2.14. The number of rotatable bonds is 4. The van der Waals surface area contributed by atoms with E-state index in [4.69, 9.17) is 27.4 Å². The van der Waals surface area contributed by atoms with Crippen molar-refractivity contribution in [3.63, 3.8) is 0 Å². The molecule has 0 amide bonds. The van der Waals surface area contributed by atoms with Gasteiger partial charge in [-0.15, -0.1) is 0 Å². The van der Waals surface area contributed by atoms with E-state index in [0.717, 1.165) is 16.8 Å². The molecule has 0 saturated carbocycles. The molecule has 1 fully saturated rings. The number of hydrogen-bond donors (Lipinski definition) is 2. The molecule has 0 radical (unpaired) electrons. The van der Waals surface area contributed by atoms with Gasteiger partial charge in [0.2, 0.25) is 0 Å². The molecule has 1 aliphatic rings. The molecule has 3 N–H and O–H groups in total. The molecule has 18 heavy (non-hydrogen) atoms. The number of ether oxygens (including phenoxy) is 2. The molecule has 1 heterocycles. The van der Waals surface area contributed by atoms with Gasteiger partial charge in [-0.05, 0) is 19.1 Å². The lowest BCUT2D eigenvalue weighted by Gasteiger charge is -2.24. The minimum absolute atomic E-state index is 0.0826. The van der Waals surface area contributed by atoms with E-state index in [1.54, 1.807) is 0 Å². The molecule has 4 nitrogen and oxygen atoms in total. The van der Waals surface area contributed by atoms with Crippen molar-refractivity contribution >= 4 is 22.9 Å². The molecule has 0 aliphatic carbocycles. The van der Waals surface area contributed by atoms with Crippen molar-refractivity contribution in [1.29, 1.82) is 0 Å². The van der Waals surface area contributed by atoms with Crippen LogP contribution in [0.5, 0.6) is 0 Å². The fourth-order valence-electron chi connectivity index (χ4n) is 1.89. The molecular formula is C13H18N2O2S. The van der Waals surface area contributed by atoms with Crippen molar-refractivity contribution in [2.45, 2.75) is 13.0 Å². The summed E-state index contributed by atoms with van der Waals surface area (Å²) in [7, 11) is 0. The summed E-state index contributed by atoms with van der Waals surface area (Å²) in [5.74, 6) is 0. The van der Waals surface area contributed by atoms with Crippen LogP contribution in [0.4, 0.5) is 5.69 Å². The summed E-state index contributed by atoms with van der Waals surface area (Å²) in [4.78, 5) is 0.405. The van der Waals surface area contributed by atoms with Crippen LogP contribution in [0.1, 0.15) is 11.1 Å². The maximum atomic E-state index is 5.73. The van der Waals surface area contributed by atoms with Crippen LogP contribution in [-0.2, 0) is 9.47 Å². The standard InChI is InChI=1S/C13H18N2O2S/c1-9-2-3-12(11(6-9)13(14)18)15-7-10-8-16-4-5-17-10/h2-3,6,10,15H,4-5,7-8H2,1H3,(H2,14,18). The molecule has 1 unspecified atom stereocenters. The van der Waals surface area contributed by atoms with Crippen molar-refractivity contribution in [2.75, 3.05) is 31.7 Å². The Morgan fingerprint density at radius 3 is 3.00 bits per heavy atom. The number of hydrogen-bond acceptors (Lipinski definition) is 4. The zero-order chi connectivity index (χ0) is 13.0. The lowest BCUT2D eigenvalue weighted by molar-refractivity contribution is -0.0818. The summed E-state index contributed by atoms with van der Waals surface area (Å²) < 4.78 is 10.9. The zero-order valence-electron chi connectivity index (χ0n) is 10.4. The molecule has 0 aromatic heterocycles. The van der Waals surface area contributed by atoms with Gasteiger partial charge in [-0.2, -0.15) is 0 Å². The van der Waals surface area contributed by atoms with Crippen LogP contribution >= 0.6 is 12.2 Å². The van der Waals surface area contributed by atoms with Gasteiger partial charge in [0, 0.05) is 17.8 Å². The molecule has 1 aromatic rings. The summed E-state index contributed by atoms with van der Waals surface area (Å²) in [6.07, 6.45) is 0.0826. The minimum Gasteiger partial charge on any atom is -0.389 e. The van der Waals surface area contributed by atoms with Crippen LogP contribution in [0.15, 0.2) is 18.2 Å². The Kier molecular flexibility index (Phi) is 4.52. The van der Waals surface area contributed by atoms with Crippen molar-refractivity contribution in [3.05, 3.63) is 29.3 Å². The molecule has 0 bridgehead atoms. The van der Waals surface area contributed by atoms with Crippen molar-refractivity contribution in [1.82, 2.24) is 0 Å². The number of nitrogens with one attached hydrogen (secondary N) is 1. The van der Waals surface area contributed by atoms with Crippen LogP contribution in [0.2, 0.25) is 0 Å². The second-order valence-corrected chi connectivity index (χ2v) is 4.80. The maximum absolute atomic E-state index is 5.73. The van der Waals surface area contributed by atoms with Gasteiger partial charge in [0.1, 0.15) is 4.99 Å². The Morgan fingerprint density at radius 2 is 2.33 bits per heavy atom. The Bertz CT molecular complexity index is 431. The second kappa shape index (κ2) is 6.13. The van der Waals surface area contributed by atoms with Crippen molar-refractivity contribution in [3.8, 4) is 0 Å². The van der Waals surface area contributed by atoms with E-state index in [2.05, 4.69) is 5.32 Å². The normalized spacial score (nSPS) is 19.5. The molecule has 98 valence electrons. The van der Waals surface area contributed by atoms with Crippen LogP contribution in [-0.4, -0.2) is 37.5 Å².